The highest BCUT2D eigenvalue weighted by molar-refractivity contribution is 9.10. The molecule has 0 radical (unpaired) electrons. The lowest BCUT2D eigenvalue weighted by Crippen LogP contribution is -2.48. The van der Waals surface area contributed by atoms with Gasteiger partial charge >= 0.3 is 0 Å². The number of hydrogen-bond donors (Lipinski definition) is 3. The minimum Gasteiger partial charge on any atom is -0.508 e. The molecule has 280 valence electrons. The second-order valence-electron chi connectivity index (χ2n) is 14.5. The van der Waals surface area contributed by atoms with Crippen LogP contribution in [0.4, 0.5) is 10.1 Å². The molecule has 5 N–H and O–H groups in total. The number of phenols is 1. The van der Waals surface area contributed by atoms with Crippen molar-refractivity contribution >= 4 is 33.7 Å². The van der Waals surface area contributed by atoms with Crippen molar-refractivity contribution < 1.29 is 33.2 Å². The maximum Gasteiger partial charge on any atom is 0.283 e. The molecule has 6 heterocycles. The lowest BCUT2D eigenvalue weighted by Gasteiger charge is -2.40. The fraction of sp³-hybridized carbons (Fsp3) is 0.244. The van der Waals surface area contributed by atoms with Crippen molar-refractivity contribution in [2.45, 2.75) is 30.5 Å². The van der Waals surface area contributed by atoms with Crippen LogP contribution in [0.15, 0.2) is 106 Å². The van der Waals surface area contributed by atoms with Gasteiger partial charge in [0, 0.05) is 57.3 Å². The zero-order chi connectivity index (χ0) is 38.1. The number of aromatic nitrogens is 1. The summed E-state index contributed by atoms with van der Waals surface area (Å²) in [6, 6.07) is 26.0. The first-order valence-electron chi connectivity index (χ1n) is 17.7. The average molecular weight is 808 g/mol. The molecular formula is C41H36BrFN6O6. The number of fused-ring (bicyclic) bond motifs is 8. The Hall–Kier alpha value is -5.86. The van der Waals surface area contributed by atoms with E-state index in [2.05, 4.69) is 56.8 Å². The molecule has 0 bridgehead atoms. The third-order valence-corrected chi connectivity index (χ3v) is 10.9. The van der Waals surface area contributed by atoms with E-state index in [1.807, 2.05) is 42.5 Å². The summed E-state index contributed by atoms with van der Waals surface area (Å²) in [5.41, 5.74) is 15.3. The fourth-order valence-electron chi connectivity index (χ4n) is 7.86. The molecule has 1 fully saturated rings. The number of phenolic OH excluding ortho intramolecular Hbond substituents is 1. The molecule has 0 amide bonds. The topological polar surface area (TPSA) is 159 Å². The first-order valence-corrected chi connectivity index (χ1v) is 18.5. The highest BCUT2D eigenvalue weighted by atomic mass is 79.9. The van der Waals surface area contributed by atoms with Crippen LogP contribution in [0.2, 0.25) is 0 Å². The van der Waals surface area contributed by atoms with Crippen molar-refractivity contribution in [1.82, 2.24) is 4.98 Å². The van der Waals surface area contributed by atoms with Crippen molar-refractivity contribution in [3.63, 3.8) is 0 Å². The Balaban J connectivity index is 0.000000161. The van der Waals surface area contributed by atoms with E-state index in [0.29, 0.717) is 40.7 Å². The van der Waals surface area contributed by atoms with Crippen LogP contribution in [0.3, 0.4) is 0 Å². The lowest BCUT2D eigenvalue weighted by atomic mass is 9.80. The number of halogens is 2. The molecule has 55 heavy (non-hydrogen) atoms. The number of morpholine rings is 1. The van der Waals surface area contributed by atoms with Crippen LogP contribution in [-0.2, 0) is 25.3 Å². The van der Waals surface area contributed by atoms with Gasteiger partial charge in [0.15, 0.2) is 11.1 Å². The van der Waals surface area contributed by atoms with Gasteiger partial charge in [0.1, 0.15) is 42.0 Å². The van der Waals surface area contributed by atoms with Gasteiger partial charge in [-0.3, -0.25) is 0 Å². The first kappa shape index (κ1) is 34.9. The fourth-order valence-corrected chi connectivity index (χ4v) is 8.22. The Morgan fingerprint density at radius 3 is 2.00 bits per heavy atom. The van der Waals surface area contributed by atoms with Crippen molar-refractivity contribution in [3.05, 3.63) is 124 Å². The highest BCUT2D eigenvalue weighted by Crippen LogP contribution is 2.54. The smallest absolute Gasteiger partial charge is 0.283 e. The van der Waals surface area contributed by atoms with Gasteiger partial charge < -0.3 is 45.2 Å². The lowest BCUT2D eigenvalue weighted by molar-refractivity contribution is -0.0277. The summed E-state index contributed by atoms with van der Waals surface area (Å²) in [5, 5.41) is 9.82. The van der Waals surface area contributed by atoms with E-state index >= 15 is 0 Å². The summed E-state index contributed by atoms with van der Waals surface area (Å²) in [4.78, 5) is 15.4. The van der Waals surface area contributed by atoms with E-state index in [-0.39, 0.29) is 36.6 Å². The minimum absolute atomic E-state index is 0.120. The minimum atomic E-state index is -0.889. The molecule has 2 atom stereocenters. The Labute approximate surface area is 324 Å². The third-order valence-electron chi connectivity index (χ3n) is 10.4. The largest absolute Gasteiger partial charge is 0.508 e. The number of nitrogens with zero attached hydrogens (tertiary/aromatic N) is 4. The van der Waals surface area contributed by atoms with Crippen LogP contribution in [0, 0.1) is 5.95 Å². The zero-order valence-electron chi connectivity index (χ0n) is 29.9. The third kappa shape index (κ3) is 5.96. The van der Waals surface area contributed by atoms with Crippen LogP contribution in [-0.4, -0.2) is 60.6 Å². The van der Waals surface area contributed by atoms with E-state index in [4.69, 9.17) is 40.1 Å². The number of anilines is 1. The van der Waals surface area contributed by atoms with Gasteiger partial charge in [0.05, 0.1) is 12.2 Å². The van der Waals surface area contributed by atoms with Gasteiger partial charge in [-0.1, -0.05) is 22.0 Å². The van der Waals surface area contributed by atoms with E-state index in [1.54, 1.807) is 30.3 Å². The van der Waals surface area contributed by atoms with Crippen LogP contribution in [0.1, 0.15) is 36.1 Å². The van der Waals surface area contributed by atoms with Gasteiger partial charge in [-0.15, -0.1) is 0 Å². The normalized spacial score (nSPS) is 22.3. The van der Waals surface area contributed by atoms with E-state index in [1.165, 1.54) is 6.20 Å². The molecule has 0 unspecified atom stereocenters. The molecule has 0 aliphatic carbocycles. The molecule has 10 rings (SSSR count). The van der Waals surface area contributed by atoms with Crippen molar-refractivity contribution in [2.75, 3.05) is 37.8 Å². The van der Waals surface area contributed by atoms with Crippen LogP contribution < -0.4 is 25.8 Å². The number of nitrogens with two attached hydrogens (primary N) is 2. The Morgan fingerprint density at radius 1 is 0.764 bits per heavy atom. The summed E-state index contributed by atoms with van der Waals surface area (Å²) >= 11 is 3.46. The van der Waals surface area contributed by atoms with E-state index in [0.717, 1.165) is 45.5 Å². The number of benzene rings is 4. The molecule has 5 aliphatic heterocycles. The zero-order valence-corrected chi connectivity index (χ0v) is 31.5. The molecule has 4 aromatic carbocycles. The van der Waals surface area contributed by atoms with Crippen LogP contribution in [0.5, 0.6) is 28.7 Å². The van der Waals surface area contributed by atoms with Crippen molar-refractivity contribution in [1.29, 1.82) is 0 Å². The molecule has 5 aromatic rings. The van der Waals surface area contributed by atoms with E-state index in [9.17, 15) is 9.50 Å². The summed E-state index contributed by atoms with van der Waals surface area (Å²) in [5.74, 6) is 2.31. The second-order valence-corrected chi connectivity index (χ2v) is 15.4. The molecule has 12 nitrogen and oxygen atoms in total. The Morgan fingerprint density at radius 2 is 1.36 bits per heavy atom. The Bertz CT molecular complexity index is 2390. The predicted molar refractivity (Wildman–Crippen MR) is 207 cm³/mol. The van der Waals surface area contributed by atoms with Crippen LogP contribution >= 0.6 is 15.9 Å². The standard InChI is InChI=1S/C26H25FN4O3.C15H11BrN2O3/c1-25(2)14-31(10-11-33-25)17-6-8-22-20(13-17)26(15-32-24(28)30-26)19-12-16(5-7-21(19)34-22)18-4-3-9-29-23(18)27;16-8-1-3-12-10(5-8)15(7-20-14(17)18-15)11-6-9(19)2-4-13(11)21-12/h3-9,12-13H,10-11,14-15H2,1-2H3,(H2,28,30);1-6,19H,7H2,(H2,17,18)/t26-;15-/m01/s1. The predicted octanol–water partition coefficient (Wildman–Crippen LogP) is 7.05. The van der Waals surface area contributed by atoms with Crippen molar-refractivity contribution in [2.24, 2.45) is 21.5 Å². The number of rotatable bonds is 2. The maximum atomic E-state index is 14.5. The molecular weight excluding hydrogens is 771 g/mol. The van der Waals surface area contributed by atoms with Gasteiger partial charge in [-0.25, -0.2) is 15.0 Å². The maximum absolute atomic E-state index is 14.5. The van der Waals surface area contributed by atoms with Crippen LogP contribution in [0.25, 0.3) is 11.1 Å². The molecule has 0 saturated carbocycles. The Kier molecular flexibility index (Phi) is 8.17. The van der Waals surface area contributed by atoms with Gasteiger partial charge in [0.2, 0.25) is 5.95 Å². The number of amidine groups is 2. The van der Waals surface area contributed by atoms with Gasteiger partial charge in [-0.05, 0) is 98.3 Å². The summed E-state index contributed by atoms with van der Waals surface area (Å²) in [6.45, 7) is 6.91. The number of ether oxygens (including phenoxy) is 5. The van der Waals surface area contributed by atoms with Gasteiger partial charge in [0.25, 0.3) is 12.0 Å². The average Bonchev–Trinajstić information content (AvgIpc) is 3.76. The number of aromatic hydroxyl groups is 1. The van der Waals surface area contributed by atoms with Crippen molar-refractivity contribution in [3.8, 4) is 39.9 Å². The molecule has 14 heteroatoms. The first-order chi connectivity index (χ1) is 26.4. The number of hydrogen-bond acceptors (Lipinski definition) is 12. The number of pyridine rings is 1. The summed E-state index contributed by atoms with van der Waals surface area (Å²) < 4.78 is 44.6. The quantitative estimate of drug-likeness (QED) is 0.158. The molecule has 1 saturated heterocycles. The molecule has 5 aliphatic rings. The van der Waals surface area contributed by atoms with Gasteiger partial charge in [-0.2, -0.15) is 4.39 Å². The van der Waals surface area contributed by atoms with E-state index < -0.39 is 17.0 Å². The monoisotopic (exact) mass is 806 g/mol. The molecule has 1 aromatic heterocycles. The summed E-state index contributed by atoms with van der Waals surface area (Å²) in [7, 11) is 0. The SMILES string of the molecule is CC1(C)CN(c2ccc3c(c2)[C@]2(COC(N)=N2)c2cc(-c4cccnc4F)ccc2O3)CCO1.NC1=N[C@@]2(CO1)c1cc(O)ccc1Oc1ccc(Br)cc12. The summed E-state index contributed by atoms with van der Waals surface area (Å²) in [6.07, 6.45) is 1.43. The molecule has 2 spiro atoms. The number of aliphatic imine (C=N–C) groups is 2. The highest BCUT2D eigenvalue weighted by Gasteiger charge is 2.49. The second kappa shape index (κ2) is 12.9.